The summed E-state index contributed by atoms with van der Waals surface area (Å²) in [6.07, 6.45) is 1.58. The Labute approximate surface area is 210 Å². The van der Waals surface area contributed by atoms with E-state index in [9.17, 15) is 10.1 Å². The monoisotopic (exact) mass is 600 g/mol. The molecular weight excluding hydrogens is 579 g/mol. The highest BCUT2D eigenvalue weighted by Crippen LogP contribution is 2.33. The fourth-order valence-corrected chi connectivity index (χ4v) is 4.80. The standard InChI is InChI=1S/C26H22BrIN2O2/c1-16-7-9-19(10-8-16)15-32-25-22(27)12-20(13-23(25)28)11-21(14-29)26(31)30-24-6-4-5-17(2)18(24)3/h4-13H,15H2,1-3H3,(H,30,31)/b21-11+. The Morgan fingerprint density at radius 3 is 2.53 bits per heavy atom. The SMILES string of the molecule is Cc1ccc(COc2c(Br)cc(/C=C(\C#N)C(=O)Nc3cccc(C)c3C)cc2I)cc1. The smallest absolute Gasteiger partial charge is 0.266 e. The number of benzene rings is 3. The first-order valence-corrected chi connectivity index (χ1v) is 11.8. The van der Waals surface area contributed by atoms with Gasteiger partial charge in [-0.2, -0.15) is 5.26 Å². The zero-order chi connectivity index (χ0) is 23.3. The normalized spacial score (nSPS) is 11.1. The van der Waals surface area contributed by atoms with E-state index in [2.05, 4.69) is 56.0 Å². The van der Waals surface area contributed by atoms with Crippen molar-refractivity contribution in [3.8, 4) is 11.8 Å². The van der Waals surface area contributed by atoms with Crippen LogP contribution in [0.1, 0.15) is 27.8 Å². The topological polar surface area (TPSA) is 62.1 Å². The number of hydrogen-bond acceptors (Lipinski definition) is 3. The summed E-state index contributed by atoms with van der Waals surface area (Å²) >= 11 is 5.76. The second-order valence-corrected chi connectivity index (χ2v) is 9.48. The summed E-state index contributed by atoms with van der Waals surface area (Å²) in [4.78, 5) is 12.7. The van der Waals surface area contributed by atoms with E-state index >= 15 is 0 Å². The summed E-state index contributed by atoms with van der Waals surface area (Å²) in [6, 6.07) is 19.6. The molecule has 0 aliphatic carbocycles. The fourth-order valence-electron chi connectivity index (χ4n) is 3.03. The van der Waals surface area contributed by atoms with Crippen molar-refractivity contribution < 1.29 is 9.53 Å². The van der Waals surface area contributed by atoms with Crippen LogP contribution in [0.5, 0.6) is 5.75 Å². The van der Waals surface area contributed by atoms with Crippen molar-refractivity contribution in [3.63, 3.8) is 0 Å². The molecule has 0 aliphatic rings. The van der Waals surface area contributed by atoms with Crippen LogP contribution in [0.4, 0.5) is 5.69 Å². The van der Waals surface area contributed by atoms with Gasteiger partial charge in [0.05, 0.1) is 8.04 Å². The Bertz CT molecular complexity index is 1200. The quantitative estimate of drug-likeness (QED) is 0.186. The molecule has 0 bridgehead atoms. The molecule has 1 amide bonds. The molecule has 0 heterocycles. The average molecular weight is 601 g/mol. The van der Waals surface area contributed by atoms with Crippen molar-refractivity contribution in [2.24, 2.45) is 0 Å². The predicted octanol–water partition coefficient (Wildman–Crippen LogP) is 7.10. The number of amides is 1. The van der Waals surface area contributed by atoms with E-state index in [4.69, 9.17) is 4.74 Å². The molecule has 0 radical (unpaired) electrons. The Morgan fingerprint density at radius 1 is 1.16 bits per heavy atom. The van der Waals surface area contributed by atoms with Gasteiger partial charge in [-0.3, -0.25) is 4.79 Å². The third-order valence-electron chi connectivity index (χ3n) is 5.05. The highest BCUT2D eigenvalue weighted by atomic mass is 127. The van der Waals surface area contributed by atoms with E-state index in [0.717, 1.165) is 36.0 Å². The van der Waals surface area contributed by atoms with E-state index < -0.39 is 5.91 Å². The number of nitrogens with one attached hydrogen (secondary N) is 1. The largest absolute Gasteiger partial charge is 0.487 e. The zero-order valence-corrected chi connectivity index (χ0v) is 21.7. The van der Waals surface area contributed by atoms with E-state index in [0.29, 0.717) is 12.3 Å². The second-order valence-electron chi connectivity index (χ2n) is 7.46. The molecule has 0 saturated heterocycles. The molecule has 0 unspecified atom stereocenters. The predicted molar refractivity (Wildman–Crippen MR) is 141 cm³/mol. The summed E-state index contributed by atoms with van der Waals surface area (Å²) in [7, 11) is 0. The van der Waals surface area contributed by atoms with Crippen LogP contribution in [0, 0.1) is 35.7 Å². The fraction of sp³-hybridized carbons (Fsp3) is 0.154. The lowest BCUT2D eigenvalue weighted by Gasteiger charge is -2.12. The molecule has 3 aromatic carbocycles. The first-order valence-electron chi connectivity index (χ1n) is 9.95. The Balaban J connectivity index is 1.78. The van der Waals surface area contributed by atoms with Crippen molar-refractivity contribution in [1.82, 2.24) is 0 Å². The third-order valence-corrected chi connectivity index (χ3v) is 6.44. The van der Waals surface area contributed by atoms with Crippen molar-refractivity contribution in [1.29, 1.82) is 5.26 Å². The summed E-state index contributed by atoms with van der Waals surface area (Å²) in [5.41, 5.74) is 5.80. The molecule has 3 aromatic rings. The molecule has 0 spiro atoms. The van der Waals surface area contributed by atoms with Crippen molar-refractivity contribution in [3.05, 3.63) is 96.0 Å². The van der Waals surface area contributed by atoms with Gasteiger partial charge in [0.2, 0.25) is 0 Å². The minimum atomic E-state index is -0.438. The Hall–Kier alpha value is -2.63. The van der Waals surface area contributed by atoms with Gasteiger partial charge >= 0.3 is 0 Å². The number of rotatable bonds is 6. The van der Waals surface area contributed by atoms with Gasteiger partial charge < -0.3 is 10.1 Å². The zero-order valence-electron chi connectivity index (χ0n) is 18.0. The molecular formula is C26H22BrIN2O2. The number of nitriles is 1. The molecule has 0 atom stereocenters. The summed E-state index contributed by atoms with van der Waals surface area (Å²) < 4.78 is 7.65. The molecule has 1 N–H and O–H groups in total. The Kier molecular flexibility index (Phi) is 8.10. The van der Waals surface area contributed by atoms with E-state index in [1.807, 2.05) is 69.3 Å². The van der Waals surface area contributed by atoms with Crippen molar-refractivity contribution in [2.45, 2.75) is 27.4 Å². The third kappa shape index (κ3) is 5.99. The highest BCUT2D eigenvalue weighted by molar-refractivity contribution is 14.1. The van der Waals surface area contributed by atoms with Crippen LogP contribution < -0.4 is 10.1 Å². The number of carbonyl (C=O) groups excluding carboxylic acids is 1. The van der Waals surface area contributed by atoms with Gasteiger partial charge in [0.1, 0.15) is 24.0 Å². The lowest BCUT2D eigenvalue weighted by atomic mass is 10.1. The van der Waals surface area contributed by atoms with Gasteiger partial charge in [0.25, 0.3) is 5.91 Å². The maximum atomic E-state index is 12.7. The number of ether oxygens (including phenoxy) is 1. The van der Waals surface area contributed by atoms with Gasteiger partial charge in [-0.25, -0.2) is 0 Å². The summed E-state index contributed by atoms with van der Waals surface area (Å²) in [5, 5.41) is 12.4. The van der Waals surface area contributed by atoms with E-state index in [1.54, 1.807) is 6.08 Å². The molecule has 162 valence electrons. The van der Waals surface area contributed by atoms with Gasteiger partial charge in [-0.1, -0.05) is 42.0 Å². The van der Waals surface area contributed by atoms with E-state index in [-0.39, 0.29) is 5.57 Å². The molecule has 0 fully saturated rings. The molecule has 4 nitrogen and oxygen atoms in total. The summed E-state index contributed by atoms with van der Waals surface area (Å²) in [6.45, 7) is 6.42. The first kappa shape index (κ1) is 24.0. The molecule has 0 saturated carbocycles. The lowest BCUT2D eigenvalue weighted by Crippen LogP contribution is -2.14. The highest BCUT2D eigenvalue weighted by Gasteiger charge is 2.14. The van der Waals surface area contributed by atoms with Crippen LogP contribution in [0.3, 0.4) is 0 Å². The van der Waals surface area contributed by atoms with E-state index in [1.165, 1.54) is 5.56 Å². The summed E-state index contributed by atoms with van der Waals surface area (Å²) in [5.74, 6) is 0.286. The number of nitrogens with zero attached hydrogens (tertiary/aromatic N) is 1. The van der Waals surface area contributed by atoms with Crippen LogP contribution in [-0.4, -0.2) is 5.91 Å². The molecule has 0 aliphatic heterocycles. The van der Waals surface area contributed by atoms with Crippen LogP contribution >= 0.6 is 38.5 Å². The number of anilines is 1. The van der Waals surface area contributed by atoms with Crippen molar-refractivity contribution in [2.75, 3.05) is 5.32 Å². The lowest BCUT2D eigenvalue weighted by molar-refractivity contribution is -0.112. The minimum absolute atomic E-state index is 0.0296. The molecule has 3 rings (SSSR count). The van der Waals surface area contributed by atoms with Gasteiger partial charge in [-0.05, 0) is 106 Å². The van der Waals surface area contributed by atoms with Crippen LogP contribution in [0.2, 0.25) is 0 Å². The maximum Gasteiger partial charge on any atom is 0.266 e. The number of halogens is 2. The van der Waals surface area contributed by atoms with Gasteiger partial charge in [-0.15, -0.1) is 0 Å². The molecule has 6 heteroatoms. The van der Waals surface area contributed by atoms with Gasteiger partial charge in [0.15, 0.2) is 0 Å². The van der Waals surface area contributed by atoms with Crippen LogP contribution in [-0.2, 0) is 11.4 Å². The number of aryl methyl sites for hydroxylation is 2. The minimum Gasteiger partial charge on any atom is -0.487 e. The Morgan fingerprint density at radius 2 is 1.88 bits per heavy atom. The molecule has 0 aromatic heterocycles. The second kappa shape index (κ2) is 10.8. The van der Waals surface area contributed by atoms with Crippen LogP contribution in [0.25, 0.3) is 6.08 Å². The number of carbonyl (C=O) groups is 1. The first-order chi connectivity index (χ1) is 15.3. The average Bonchev–Trinajstić information content (AvgIpc) is 2.76. The number of hydrogen-bond donors (Lipinski definition) is 1. The van der Waals surface area contributed by atoms with Crippen molar-refractivity contribution >= 4 is 56.2 Å². The van der Waals surface area contributed by atoms with Crippen LogP contribution in [0.15, 0.2) is 64.6 Å². The molecule has 32 heavy (non-hydrogen) atoms. The maximum absolute atomic E-state index is 12.7. The van der Waals surface area contributed by atoms with Gasteiger partial charge in [0, 0.05) is 5.69 Å².